The van der Waals surface area contributed by atoms with Gasteiger partial charge in [0.1, 0.15) is 0 Å². The molecule has 1 fully saturated rings. The van der Waals surface area contributed by atoms with Crippen LogP contribution in [0.3, 0.4) is 0 Å². The quantitative estimate of drug-likeness (QED) is 0.678. The zero-order valence-corrected chi connectivity index (χ0v) is 10.3. The third-order valence-electron chi connectivity index (χ3n) is 3.81. The Kier molecular flexibility index (Phi) is 5.00. The first-order chi connectivity index (χ1) is 7.63. The summed E-state index contributed by atoms with van der Waals surface area (Å²) in [6, 6.07) is -0.437. The molecular formula is C13H24N2O. The lowest BCUT2D eigenvalue weighted by atomic mass is 9.83. The number of carbonyl (C=O) groups excluding carboxylic acids is 1. The van der Waals surface area contributed by atoms with Crippen LogP contribution in [0.5, 0.6) is 0 Å². The van der Waals surface area contributed by atoms with E-state index in [9.17, 15) is 4.79 Å². The highest BCUT2D eigenvalue weighted by molar-refractivity contribution is 5.81. The largest absolute Gasteiger partial charge is 0.354 e. The van der Waals surface area contributed by atoms with Crippen molar-refractivity contribution >= 4 is 5.91 Å². The van der Waals surface area contributed by atoms with Gasteiger partial charge < -0.3 is 11.1 Å². The van der Waals surface area contributed by atoms with Crippen LogP contribution in [-0.4, -0.2) is 18.5 Å². The SMILES string of the molecule is C=CCC(N)C(=O)NCC1(CC)CCCC1. The normalized spacial score (nSPS) is 20.4. The minimum atomic E-state index is -0.437. The van der Waals surface area contributed by atoms with Crippen LogP contribution in [0.25, 0.3) is 0 Å². The Morgan fingerprint density at radius 2 is 2.19 bits per heavy atom. The Morgan fingerprint density at radius 1 is 1.56 bits per heavy atom. The molecule has 0 aliphatic heterocycles. The lowest BCUT2D eigenvalue weighted by Gasteiger charge is -2.28. The Bertz CT molecular complexity index is 244. The molecule has 1 amide bonds. The zero-order valence-electron chi connectivity index (χ0n) is 10.3. The molecule has 1 unspecified atom stereocenters. The van der Waals surface area contributed by atoms with Crippen LogP contribution in [0.1, 0.15) is 45.4 Å². The van der Waals surface area contributed by atoms with E-state index in [2.05, 4.69) is 18.8 Å². The molecule has 0 aromatic carbocycles. The third-order valence-corrected chi connectivity index (χ3v) is 3.81. The van der Waals surface area contributed by atoms with Crippen LogP contribution >= 0.6 is 0 Å². The van der Waals surface area contributed by atoms with Crippen molar-refractivity contribution in [1.29, 1.82) is 0 Å². The standard InChI is InChI=1S/C13H24N2O/c1-3-7-11(14)12(16)15-10-13(4-2)8-5-6-9-13/h3,11H,1,4-10,14H2,2H3,(H,15,16). The summed E-state index contributed by atoms with van der Waals surface area (Å²) in [6.45, 7) is 6.58. The highest BCUT2D eigenvalue weighted by Crippen LogP contribution is 2.40. The highest BCUT2D eigenvalue weighted by Gasteiger charge is 2.32. The first-order valence-corrected chi connectivity index (χ1v) is 6.28. The monoisotopic (exact) mass is 224 g/mol. The maximum absolute atomic E-state index is 11.7. The van der Waals surface area contributed by atoms with Crippen LogP contribution in [0.4, 0.5) is 0 Å². The number of hydrogen-bond donors (Lipinski definition) is 2. The van der Waals surface area contributed by atoms with Crippen molar-refractivity contribution in [3.8, 4) is 0 Å². The van der Waals surface area contributed by atoms with Gasteiger partial charge in [-0.25, -0.2) is 0 Å². The van der Waals surface area contributed by atoms with Gasteiger partial charge in [-0.3, -0.25) is 4.79 Å². The number of rotatable bonds is 6. The first-order valence-electron chi connectivity index (χ1n) is 6.28. The molecular weight excluding hydrogens is 200 g/mol. The fourth-order valence-corrected chi connectivity index (χ4v) is 2.47. The van der Waals surface area contributed by atoms with E-state index in [1.54, 1.807) is 6.08 Å². The minimum Gasteiger partial charge on any atom is -0.354 e. The minimum absolute atomic E-state index is 0.0420. The summed E-state index contributed by atoms with van der Waals surface area (Å²) in [7, 11) is 0. The van der Waals surface area contributed by atoms with E-state index in [1.165, 1.54) is 25.7 Å². The second kappa shape index (κ2) is 6.04. The van der Waals surface area contributed by atoms with Gasteiger partial charge in [-0.1, -0.05) is 25.8 Å². The summed E-state index contributed by atoms with van der Waals surface area (Å²) in [4.78, 5) is 11.7. The predicted octanol–water partition coefficient (Wildman–Crippen LogP) is 1.98. The second-order valence-corrected chi connectivity index (χ2v) is 4.91. The Morgan fingerprint density at radius 3 is 2.69 bits per heavy atom. The molecule has 0 aromatic rings. The summed E-state index contributed by atoms with van der Waals surface area (Å²) >= 11 is 0. The molecule has 3 heteroatoms. The van der Waals surface area contributed by atoms with Crippen molar-refractivity contribution in [1.82, 2.24) is 5.32 Å². The molecule has 1 saturated carbocycles. The molecule has 1 rings (SSSR count). The molecule has 3 N–H and O–H groups in total. The maximum atomic E-state index is 11.7. The highest BCUT2D eigenvalue weighted by atomic mass is 16.2. The van der Waals surface area contributed by atoms with E-state index >= 15 is 0 Å². The van der Waals surface area contributed by atoms with Gasteiger partial charge in [0.05, 0.1) is 6.04 Å². The summed E-state index contributed by atoms with van der Waals surface area (Å²) in [5.41, 5.74) is 6.05. The van der Waals surface area contributed by atoms with Crippen molar-refractivity contribution in [3.63, 3.8) is 0 Å². The average molecular weight is 224 g/mol. The average Bonchev–Trinajstić information content (AvgIpc) is 2.75. The molecule has 0 aromatic heterocycles. The summed E-state index contributed by atoms with van der Waals surface area (Å²) in [5, 5.41) is 2.99. The van der Waals surface area contributed by atoms with Crippen LogP contribution in [0.15, 0.2) is 12.7 Å². The fraction of sp³-hybridized carbons (Fsp3) is 0.769. The summed E-state index contributed by atoms with van der Waals surface area (Å²) in [5.74, 6) is -0.0420. The Balaban J connectivity index is 2.37. The molecule has 92 valence electrons. The number of amides is 1. The smallest absolute Gasteiger partial charge is 0.237 e. The van der Waals surface area contributed by atoms with Gasteiger partial charge in [-0.2, -0.15) is 0 Å². The molecule has 0 bridgehead atoms. The van der Waals surface area contributed by atoms with Crippen LogP contribution in [-0.2, 0) is 4.79 Å². The fourth-order valence-electron chi connectivity index (χ4n) is 2.47. The van der Waals surface area contributed by atoms with E-state index < -0.39 is 6.04 Å². The Labute approximate surface area is 98.5 Å². The maximum Gasteiger partial charge on any atom is 0.237 e. The predicted molar refractivity (Wildman–Crippen MR) is 67.0 cm³/mol. The number of hydrogen-bond acceptors (Lipinski definition) is 2. The van der Waals surface area contributed by atoms with Gasteiger partial charge in [0, 0.05) is 6.54 Å². The van der Waals surface area contributed by atoms with E-state index in [1.807, 2.05) is 0 Å². The van der Waals surface area contributed by atoms with Gasteiger partial charge in [0.2, 0.25) is 5.91 Å². The molecule has 1 atom stereocenters. The van der Waals surface area contributed by atoms with Crippen molar-refractivity contribution in [2.24, 2.45) is 11.1 Å². The van der Waals surface area contributed by atoms with Crippen molar-refractivity contribution in [3.05, 3.63) is 12.7 Å². The van der Waals surface area contributed by atoms with Gasteiger partial charge in [0.15, 0.2) is 0 Å². The molecule has 3 nitrogen and oxygen atoms in total. The van der Waals surface area contributed by atoms with E-state index in [4.69, 9.17) is 5.73 Å². The van der Waals surface area contributed by atoms with Gasteiger partial charge in [-0.05, 0) is 31.1 Å². The molecule has 0 radical (unpaired) electrons. The van der Waals surface area contributed by atoms with Crippen LogP contribution in [0, 0.1) is 5.41 Å². The molecule has 0 heterocycles. The Hall–Kier alpha value is -0.830. The van der Waals surface area contributed by atoms with Crippen LogP contribution in [0.2, 0.25) is 0 Å². The molecule has 0 spiro atoms. The van der Waals surface area contributed by atoms with Crippen molar-refractivity contribution < 1.29 is 4.79 Å². The summed E-state index contributed by atoms with van der Waals surface area (Å²) < 4.78 is 0. The molecule has 1 aliphatic rings. The molecule has 16 heavy (non-hydrogen) atoms. The van der Waals surface area contributed by atoms with Gasteiger partial charge in [-0.15, -0.1) is 6.58 Å². The van der Waals surface area contributed by atoms with E-state index in [0.717, 1.165) is 13.0 Å². The van der Waals surface area contributed by atoms with Crippen molar-refractivity contribution in [2.75, 3.05) is 6.54 Å². The van der Waals surface area contributed by atoms with Crippen molar-refractivity contribution in [2.45, 2.75) is 51.5 Å². The second-order valence-electron chi connectivity index (χ2n) is 4.91. The third kappa shape index (κ3) is 3.34. The van der Waals surface area contributed by atoms with Crippen LogP contribution < -0.4 is 11.1 Å². The van der Waals surface area contributed by atoms with Gasteiger partial charge in [0.25, 0.3) is 0 Å². The number of carbonyl (C=O) groups is 1. The lowest BCUT2D eigenvalue weighted by molar-refractivity contribution is -0.122. The lowest BCUT2D eigenvalue weighted by Crippen LogP contribution is -2.44. The van der Waals surface area contributed by atoms with E-state index in [0.29, 0.717) is 11.8 Å². The van der Waals surface area contributed by atoms with Gasteiger partial charge >= 0.3 is 0 Å². The zero-order chi connectivity index (χ0) is 12.0. The van der Waals surface area contributed by atoms with E-state index in [-0.39, 0.29) is 5.91 Å². The topological polar surface area (TPSA) is 55.1 Å². The molecule has 0 saturated heterocycles. The first kappa shape index (κ1) is 13.2. The molecule has 1 aliphatic carbocycles. The number of nitrogens with one attached hydrogen (secondary N) is 1. The summed E-state index contributed by atoms with van der Waals surface area (Å²) in [6.07, 6.45) is 8.44. The number of nitrogens with two attached hydrogens (primary N) is 1.